The zero-order valence-corrected chi connectivity index (χ0v) is 8.63. The second kappa shape index (κ2) is 3.53. The van der Waals surface area contributed by atoms with Gasteiger partial charge in [-0.1, -0.05) is 6.07 Å². The second-order valence-corrected chi connectivity index (χ2v) is 3.96. The first-order valence-corrected chi connectivity index (χ1v) is 5.49. The van der Waals surface area contributed by atoms with Gasteiger partial charge in [-0.05, 0) is 31.4 Å². The van der Waals surface area contributed by atoms with Crippen LogP contribution in [0.5, 0.6) is 0 Å². The SMILES string of the molecule is c1cc(N2CCCCC2)n2ncnc2c1. The van der Waals surface area contributed by atoms with E-state index in [-0.39, 0.29) is 0 Å². The van der Waals surface area contributed by atoms with Crippen LogP contribution in [0.15, 0.2) is 24.5 Å². The van der Waals surface area contributed by atoms with Crippen molar-refractivity contribution in [3.8, 4) is 0 Å². The third-order valence-electron chi connectivity index (χ3n) is 2.96. The molecule has 0 amide bonds. The molecule has 4 heteroatoms. The molecule has 0 N–H and O–H groups in total. The Hall–Kier alpha value is -1.58. The van der Waals surface area contributed by atoms with E-state index in [4.69, 9.17) is 0 Å². The number of piperidine rings is 1. The van der Waals surface area contributed by atoms with Gasteiger partial charge >= 0.3 is 0 Å². The van der Waals surface area contributed by atoms with E-state index >= 15 is 0 Å². The van der Waals surface area contributed by atoms with Crippen molar-refractivity contribution in [3.05, 3.63) is 24.5 Å². The molecule has 0 saturated carbocycles. The summed E-state index contributed by atoms with van der Waals surface area (Å²) in [4.78, 5) is 6.59. The Morgan fingerprint density at radius 1 is 1.07 bits per heavy atom. The summed E-state index contributed by atoms with van der Waals surface area (Å²) >= 11 is 0. The number of aromatic nitrogens is 3. The van der Waals surface area contributed by atoms with E-state index in [1.807, 2.05) is 16.6 Å². The van der Waals surface area contributed by atoms with Crippen LogP contribution in [0.25, 0.3) is 5.65 Å². The fourth-order valence-corrected chi connectivity index (χ4v) is 2.19. The Labute approximate surface area is 88.5 Å². The normalized spacial score (nSPS) is 17.2. The first-order valence-electron chi connectivity index (χ1n) is 5.49. The Kier molecular flexibility index (Phi) is 2.05. The van der Waals surface area contributed by atoms with Crippen molar-refractivity contribution < 1.29 is 0 Å². The summed E-state index contributed by atoms with van der Waals surface area (Å²) in [7, 11) is 0. The van der Waals surface area contributed by atoms with E-state index in [2.05, 4.69) is 21.0 Å². The number of fused-ring (bicyclic) bond motifs is 1. The molecule has 0 atom stereocenters. The molecule has 1 fully saturated rings. The quantitative estimate of drug-likeness (QED) is 0.706. The number of hydrogen-bond donors (Lipinski definition) is 0. The summed E-state index contributed by atoms with van der Waals surface area (Å²) in [5.74, 6) is 1.17. The molecule has 0 radical (unpaired) electrons. The van der Waals surface area contributed by atoms with Crippen LogP contribution in [0.2, 0.25) is 0 Å². The number of nitrogens with zero attached hydrogens (tertiary/aromatic N) is 4. The van der Waals surface area contributed by atoms with E-state index in [0.717, 1.165) is 18.7 Å². The fourth-order valence-electron chi connectivity index (χ4n) is 2.19. The first kappa shape index (κ1) is 8.71. The number of pyridine rings is 1. The average molecular weight is 202 g/mol. The number of anilines is 1. The minimum absolute atomic E-state index is 0.929. The van der Waals surface area contributed by atoms with Gasteiger partial charge in [0.15, 0.2) is 5.65 Å². The van der Waals surface area contributed by atoms with Crippen LogP contribution in [0.3, 0.4) is 0 Å². The molecule has 0 spiro atoms. The lowest BCUT2D eigenvalue weighted by Gasteiger charge is -2.28. The van der Waals surface area contributed by atoms with Gasteiger partial charge in [-0.25, -0.2) is 4.98 Å². The molecule has 3 heterocycles. The van der Waals surface area contributed by atoms with Crippen molar-refractivity contribution in [2.24, 2.45) is 0 Å². The summed E-state index contributed by atoms with van der Waals surface area (Å²) in [5.41, 5.74) is 0.929. The van der Waals surface area contributed by atoms with Gasteiger partial charge < -0.3 is 4.90 Å². The second-order valence-electron chi connectivity index (χ2n) is 3.96. The lowest BCUT2D eigenvalue weighted by Crippen LogP contribution is -2.31. The van der Waals surface area contributed by atoms with E-state index in [1.54, 1.807) is 6.33 Å². The minimum Gasteiger partial charge on any atom is -0.357 e. The van der Waals surface area contributed by atoms with Gasteiger partial charge in [-0.3, -0.25) is 0 Å². The first-order chi connectivity index (χ1) is 7.45. The fraction of sp³-hybridized carbons (Fsp3) is 0.455. The third-order valence-corrected chi connectivity index (χ3v) is 2.96. The van der Waals surface area contributed by atoms with Crippen LogP contribution >= 0.6 is 0 Å². The maximum Gasteiger partial charge on any atom is 0.157 e. The minimum atomic E-state index is 0.929. The molecule has 0 bridgehead atoms. The maximum absolute atomic E-state index is 4.26. The van der Waals surface area contributed by atoms with Crippen molar-refractivity contribution in [2.45, 2.75) is 19.3 Å². The molecule has 0 unspecified atom stereocenters. The van der Waals surface area contributed by atoms with Crippen LogP contribution in [0.1, 0.15) is 19.3 Å². The van der Waals surface area contributed by atoms with Crippen LogP contribution < -0.4 is 4.90 Å². The van der Waals surface area contributed by atoms with Crippen LogP contribution in [0, 0.1) is 0 Å². The van der Waals surface area contributed by atoms with Crippen molar-refractivity contribution >= 4 is 11.5 Å². The molecule has 3 rings (SSSR count). The largest absolute Gasteiger partial charge is 0.357 e. The van der Waals surface area contributed by atoms with E-state index in [1.165, 1.54) is 25.1 Å². The van der Waals surface area contributed by atoms with Gasteiger partial charge in [-0.15, -0.1) is 0 Å². The molecule has 15 heavy (non-hydrogen) atoms. The Morgan fingerprint density at radius 3 is 2.80 bits per heavy atom. The molecular formula is C11H14N4. The van der Waals surface area contributed by atoms with Gasteiger partial charge in [0.1, 0.15) is 12.1 Å². The smallest absolute Gasteiger partial charge is 0.157 e. The van der Waals surface area contributed by atoms with Crippen molar-refractivity contribution in [1.29, 1.82) is 0 Å². The molecule has 4 nitrogen and oxygen atoms in total. The molecule has 1 aliphatic rings. The lowest BCUT2D eigenvalue weighted by atomic mass is 10.1. The van der Waals surface area contributed by atoms with E-state index < -0.39 is 0 Å². The molecule has 1 saturated heterocycles. The van der Waals surface area contributed by atoms with Gasteiger partial charge in [-0.2, -0.15) is 9.61 Å². The van der Waals surface area contributed by atoms with Crippen LogP contribution in [0.4, 0.5) is 5.82 Å². The van der Waals surface area contributed by atoms with Crippen LogP contribution in [-0.2, 0) is 0 Å². The van der Waals surface area contributed by atoms with Crippen molar-refractivity contribution in [3.63, 3.8) is 0 Å². The zero-order valence-electron chi connectivity index (χ0n) is 8.63. The standard InChI is InChI=1S/C11H14N4/c1-2-7-14(8-3-1)11-6-4-5-10-12-9-13-15(10)11/h4-6,9H,1-3,7-8H2. The van der Waals surface area contributed by atoms with E-state index in [0.29, 0.717) is 0 Å². The summed E-state index contributed by atoms with van der Waals surface area (Å²) in [6.45, 7) is 2.28. The third kappa shape index (κ3) is 1.46. The van der Waals surface area contributed by atoms with Gasteiger partial charge in [0.2, 0.25) is 0 Å². The Morgan fingerprint density at radius 2 is 1.93 bits per heavy atom. The molecule has 0 aromatic carbocycles. The Balaban J connectivity index is 2.05. The summed E-state index contributed by atoms with van der Waals surface area (Å²) < 4.78 is 1.92. The van der Waals surface area contributed by atoms with E-state index in [9.17, 15) is 0 Å². The van der Waals surface area contributed by atoms with Crippen molar-refractivity contribution in [1.82, 2.24) is 14.6 Å². The highest BCUT2D eigenvalue weighted by molar-refractivity contribution is 5.49. The molecule has 1 aliphatic heterocycles. The maximum atomic E-state index is 4.26. The topological polar surface area (TPSA) is 33.4 Å². The highest BCUT2D eigenvalue weighted by Crippen LogP contribution is 2.19. The predicted molar refractivity (Wildman–Crippen MR) is 59.1 cm³/mol. The summed E-state index contributed by atoms with van der Waals surface area (Å²) in [5, 5.41) is 4.26. The zero-order chi connectivity index (χ0) is 10.1. The van der Waals surface area contributed by atoms with Crippen LogP contribution in [-0.4, -0.2) is 27.7 Å². The van der Waals surface area contributed by atoms with Gasteiger partial charge in [0.25, 0.3) is 0 Å². The highest BCUT2D eigenvalue weighted by Gasteiger charge is 2.13. The summed E-state index contributed by atoms with van der Waals surface area (Å²) in [6, 6.07) is 6.15. The monoisotopic (exact) mass is 202 g/mol. The van der Waals surface area contributed by atoms with Gasteiger partial charge in [0.05, 0.1) is 0 Å². The highest BCUT2D eigenvalue weighted by atomic mass is 15.4. The molecular weight excluding hydrogens is 188 g/mol. The van der Waals surface area contributed by atoms with Crippen molar-refractivity contribution in [2.75, 3.05) is 18.0 Å². The number of rotatable bonds is 1. The summed E-state index contributed by atoms with van der Waals surface area (Å²) in [6.07, 6.45) is 5.53. The molecule has 2 aromatic heterocycles. The molecule has 2 aromatic rings. The molecule has 78 valence electrons. The molecule has 0 aliphatic carbocycles. The number of hydrogen-bond acceptors (Lipinski definition) is 3. The van der Waals surface area contributed by atoms with Gasteiger partial charge in [0, 0.05) is 13.1 Å². The average Bonchev–Trinajstić information content (AvgIpc) is 2.78. The predicted octanol–water partition coefficient (Wildman–Crippen LogP) is 1.72. The Bertz CT molecular complexity index is 456. The lowest BCUT2D eigenvalue weighted by molar-refractivity contribution is 0.569.